The van der Waals surface area contributed by atoms with E-state index in [1.807, 2.05) is 31.2 Å². The molecule has 26 heavy (non-hydrogen) atoms. The fourth-order valence-electron chi connectivity index (χ4n) is 2.51. The van der Waals surface area contributed by atoms with Gasteiger partial charge in [-0.3, -0.25) is 14.5 Å². The van der Waals surface area contributed by atoms with E-state index in [0.717, 1.165) is 39.9 Å². The molecular formula is C19H14F3NO2S. The first-order valence-electron chi connectivity index (χ1n) is 7.73. The highest BCUT2D eigenvalue weighted by Crippen LogP contribution is 2.34. The number of hydrogen-bond acceptors (Lipinski definition) is 3. The number of amides is 2. The second kappa shape index (κ2) is 6.99. The second-order valence-corrected chi connectivity index (χ2v) is 6.81. The molecule has 2 aromatic rings. The summed E-state index contributed by atoms with van der Waals surface area (Å²) in [6, 6.07) is 11.9. The second-order valence-electron chi connectivity index (χ2n) is 5.81. The van der Waals surface area contributed by atoms with Crippen molar-refractivity contribution >= 4 is 29.0 Å². The zero-order chi connectivity index (χ0) is 18.9. The number of aryl methyl sites for hydroxylation is 1. The van der Waals surface area contributed by atoms with Gasteiger partial charge in [-0.25, -0.2) is 0 Å². The summed E-state index contributed by atoms with van der Waals surface area (Å²) >= 11 is 0.788. The molecule has 7 heteroatoms. The van der Waals surface area contributed by atoms with Crippen LogP contribution >= 0.6 is 11.8 Å². The van der Waals surface area contributed by atoms with E-state index in [-0.39, 0.29) is 11.4 Å². The Morgan fingerprint density at radius 3 is 2.31 bits per heavy atom. The lowest BCUT2D eigenvalue weighted by Crippen LogP contribution is -2.27. The number of halogens is 3. The number of rotatable bonds is 3. The molecule has 3 nitrogen and oxygen atoms in total. The Bertz CT molecular complexity index is 888. The Labute approximate surface area is 152 Å². The zero-order valence-electron chi connectivity index (χ0n) is 13.7. The third-order valence-electron chi connectivity index (χ3n) is 4.00. The van der Waals surface area contributed by atoms with Gasteiger partial charge in [0.05, 0.1) is 17.0 Å². The fraction of sp³-hybridized carbons (Fsp3) is 0.158. The van der Waals surface area contributed by atoms with Gasteiger partial charge in [-0.15, -0.1) is 0 Å². The molecule has 0 unspecified atom stereocenters. The van der Waals surface area contributed by atoms with Gasteiger partial charge in [0, 0.05) is 0 Å². The lowest BCUT2D eigenvalue weighted by atomic mass is 10.1. The maximum atomic E-state index is 12.6. The summed E-state index contributed by atoms with van der Waals surface area (Å²) in [5, 5.41) is -0.392. The van der Waals surface area contributed by atoms with E-state index in [4.69, 9.17) is 0 Å². The summed E-state index contributed by atoms with van der Waals surface area (Å²) in [5.74, 6) is -0.442. The first kappa shape index (κ1) is 18.3. The standard InChI is InChI=1S/C19H14F3NO2S/c1-12-4-2-3-5-14(12)11-23-17(24)16(26-18(23)25)10-13-6-8-15(9-7-13)19(20,21)22/h2-10H,11H2,1H3/b16-10-. The molecule has 0 spiro atoms. The largest absolute Gasteiger partial charge is 0.416 e. The van der Waals surface area contributed by atoms with Gasteiger partial charge in [-0.2, -0.15) is 13.2 Å². The Morgan fingerprint density at radius 1 is 1.04 bits per heavy atom. The third-order valence-corrected chi connectivity index (χ3v) is 4.91. The number of imide groups is 1. The number of nitrogens with zero attached hydrogens (tertiary/aromatic N) is 1. The van der Waals surface area contributed by atoms with E-state index in [1.165, 1.54) is 18.2 Å². The average molecular weight is 377 g/mol. The van der Waals surface area contributed by atoms with Crippen molar-refractivity contribution in [3.63, 3.8) is 0 Å². The first-order valence-corrected chi connectivity index (χ1v) is 8.54. The summed E-state index contributed by atoms with van der Waals surface area (Å²) in [6.45, 7) is 2.06. The van der Waals surface area contributed by atoms with Crippen molar-refractivity contribution in [2.24, 2.45) is 0 Å². The number of alkyl halides is 3. The summed E-state index contributed by atoms with van der Waals surface area (Å²) in [7, 11) is 0. The van der Waals surface area contributed by atoms with Gasteiger partial charge in [0.25, 0.3) is 11.1 Å². The maximum absolute atomic E-state index is 12.6. The van der Waals surface area contributed by atoms with E-state index >= 15 is 0 Å². The summed E-state index contributed by atoms with van der Waals surface area (Å²) in [4.78, 5) is 26.0. The molecule has 134 valence electrons. The van der Waals surface area contributed by atoms with Crippen LogP contribution in [0.2, 0.25) is 0 Å². The van der Waals surface area contributed by atoms with Crippen molar-refractivity contribution in [2.45, 2.75) is 19.6 Å². The third kappa shape index (κ3) is 3.83. The number of carbonyl (C=O) groups is 2. The highest BCUT2D eigenvalue weighted by molar-refractivity contribution is 8.18. The van der Waals surface area contributed by atoms with Crippen molar-refractivity contribution in [1.82, 2.24) is 4.90 Å². The van der Waals surface area contributed by atoms with Crippen molar-refractivity contribution in [3.05, 3.63) is 75.7 Å². The Balaban J connectivity index is 1.80. The predicted molar refractivity (Wildman–Crippen MR) is 94.1 cm³/mol. The van der Waals surface area contributed by atoms with Gasteiger partial charge in [0.1, 0.15) is 0 Å². The predicted octanol–water partition coefficient (Wildman–Crippen LogP) is 5.25. The molecule has 0 bridgehead atoms. The molecule has 1 fully saturated rings. The minimum Gasteiger partial charge on any atom is -0.268 e. The topological polar surface area (TPSA) is 37.4 Å². The van der Waals surface area contributed by atoms with E-state index in [1.54, 1.807) is 0 Å². The Hall–Kier alpha value is -2.54. The highest BCUT2D eigenvalue weighted by atomic mass is 32.2. The molecule has 1 heterocycles. The smallest absolute Gasteiger partial charge is 0.268 e. The van der Waals surface area contributed by atoms with Crippen molar-refractivity contribution in [3.8, 4) is 0 Å². The number of hydrogen-bond donors (Lipinski definition) is 0. The first-order chi connectivity index (χ1) is 12.3. The molecular weight excluding hydrogens is 363 g/mol. The van der Waals surface area contributed by atoms with Crippen LogP contribution in [0.25, 0.3) is 6.08 Å². The number of benzene rings is 2. The van der Waals surface area contributed by atoms with Crippen LogP contribution in [0.4, 0.5) is 18.0 Å². The molecule has 1 aliphatic rings. The molecule has 0 aliphatic carbocycles. The average Bonchev–Trinajstić information content (AvgIpc) is 2.84. The summed E-state index contributed by atoms with van der Waals surface area (Å²) < 4.78 is 37.8. The van der Waals surface area contributed by atoms with Gasteiger partial charge in [-0.05, 0) is 53.6 Å². The monoisotopic (exact) mass is 377 g/mol. The molecule has 1 aliphatic heterocycles. The van der Waals surface area contributed by atoms with Crippen LogP contribution in [0.1, 0.15) is 22.3 Å². The fourth-order valence-corrected chi connectivity index (χ4v) is 3.35. The number of thioether (sulfide) groups is 1. The SMILES string of the molecule is Cc1ccccc1CN1C(=O)S/C(=C\c2ccc(C(F)(F)F)cc2)C1=O. The molecule has 0 aromatic heterocycles. The van der Waals surface area contributed by atoms with Gasteiger partial charge >= 0.3 is 6.18 Å². The van der Waals surface area contributed by atoms with Crippen LogP contribution in [0.3, 0.4) is 0 Å². The van der Waals surface area contributed by atoms with Crippen molar-refractivity contribution in [1.29, 1.82) is 0 Å². The molecule has 0 atom stereocenters. The number of carbonyl (C=O) groups excluding carboxylic acids is 2. The Kier molecular flexibility index (Phi) is 4.91. The molecule has 0 saturated carbocycles. The van der Waals surface area contributed by atoms with Crippen molar-refractivity contribution in [2.75, 3.05) is 0 Å². The van der Waals surface area contributed by atoms with Crippen LogP contribution in [0, 0.1) is 6.92 Å². The minimum absolute atomic E-state index is 0.168. The van der Waals surface area contributed by atoms with Gasteiger partial charge in [-0.1, -0.05) is 36.4 Å². The quantitative estimate of drug-likeness (QED) is 0.686. The maximum Gasteiger partial charge on any atom is 0.416 e. The molecule has 0 N–H and O–H groups in total. The van der Waals surface area contributed by atoms with Crippen LogP contribution in [0.15, 0.2) is 53.4 Å². The normalized spacial score (nSPS) is 16.6. The van der Waals surface area contributed by atoms with Gasteiger partial charge in [0.15, 0.2) is 0 Å². The van der Waals surface area contributed by atoms with Crippen LogP contribution in [-0.4, -0.2) is 16.0 Å². The van der Waals surface area contributed by atoms with Crippen molar-refractivity contribution < 1.29 is 22.8 Å². The summed E-state index contributed by atoms with van der Waals surface area (Å²) in [6.07, 6.45) is -2.98. The van der Waals surface area contributed by atoms with Gasteiger partial charge < -0.3 is 0 Å². The highest BCUT2D eigenvalue weighted by Gasteiger charge is 2.35. The summed E-state index contributed by atoms with van der Waals surface area (Å²) in [5.41, 5.74) is 1.51. The van der Waals surface area contributed by atoms with Gasteiger partial charge in [0.2, 0.25) is 0 Å². The van der Waals surface area contributed by atoms with Crippen LogP contribution < -0.4 is 0 Å². The minimum atomic E-state index is -4.41. The van der Waals surface area contributed by atoms with Crippen LogP contribution in [-0.2, 0) is 17.5 Å². The molecule has 0 radical (unpaired) electrons. The van der Waals surface area contributed by atoms with Crippen LogP contribution in [0.5, 0.6) is 0 Å². The van der Waals surface area contributed by atoms with E-state index in [2.05, 4.69) is 0 Å². The zero-order valence-corrected chi connectivity index (χ0v) is 14.5. The molecule has 3 rings (SSSR count). The molecule has 2 amide bonds. The van der Waals surface area contributed by atoms with E-state index in [0.29, 0.717) is 5.56 Å². The lowest BCUT2D eigenvalue weighted by molar-refractivity contribution is -0.137. The lowest BCUT2D eigenvalue weighted by Gasteiger charge is -2.14. The van der Waals surface area contributed by atoms with E-state index in [9.17, 15) is 22.8 Å². The molecule has 1 saturated heterocycles. The van der Waals surface area contributed by atoms with E-state index < -0.39 is 22.9 Å². The Morgan fingerprint density at radius 2 is 1.69 bits per heavy atom. The molecule has 2 aromatic carbocycles.